The van der Waals surface area contributed by atoms with Gasteiger partial charge in [-0.15, -0.1) is 0 Å². The van der Waals surface area contributed by atoms with Crippen molar-refractivity contribution in [1.29, 1.82) is 0 Å². The Kier molecular flexibility index (Phi) is 15.3. The lowest BCUT2D eigenvalue weighted by molar-refractivity contribution is 0.0963. The van der Waals surface area contributed by atoms with Crippen LogP contribution in [0.15, 0.2) is 51.1 Å². The maximum Gasteiger partial charge on any atom is 0.513 e. The van der Waals surface area contributed by atoms with Crippen molar-refractivity contribution in [3.05, 3.63) is 69.8 Å². The van der Waals surface area contributed by atoms with E-state index >= 15 is 0 Å². The van der Waals surface area contributed by atoms with E-state index in [0.717, 1.165) is 53.2 Å². The van der Waals surface area contributed by atoms with Crippen molar-refractivity contribution in [1.82, 2.24) is 0 Å². The van der Waals surface area contributed by atoms with Gasteiger partial charge >= 0.3 is 18.5 Å². The van der Waals surface area contributed by atoms with Crippen LogP contribution in [0, 0.1) is 41.5 Å². The van der Waals surface area contributed by atoms with Crippen molar-refractivity contribution in [3.63, 3.8) is 0 Å². The summed E-state index contributed by atoms with van der Waals surface area (Å²) in [5, 5.41) is 0. The number of unbranched alkanes of at least 4 members (excludes halogenated alkanes) is 3. The summed E-state index contributed by atoms with van der Waals surface area (Å²) >= 11 is 0. The molecule has 9 nitrogen and oxygen atoms in total. The Morgan fingerprint density at radius 2 is 0.700 bits per heavy atom. The highest BCUT2D eigenvalue weighted by atomic mass is 35.7. The fourth-order valence-electron chi connectivity index (χ4n) is 5.35. The number of benzene rings is 3. The number of rotatable bonds is 15. The minimum Gasteiger partial charge on any atom is -0.434 e. The van der Waals surface area contributed by atoms with Crippen molar-refractivity contribution in [3.8, 4) is 17.2 Å². The van der Waals surface area contributed by atoms with E-state index in [1.165, 1.54) is 0 Å². The molecule has 3 rings (SSSR count). The third-order valence-electron chi connectivity index (χ3n) is 7.99. The Labute approximate surface area is 302 Å². The van der Waals surface area contributed by atoms with Gasteiger partial charge in [0.2, 0.25) is 0 Å². The topological polar surface area (TPSA) is 107 Å². The van der Waals surface area contributed by atoms with Crippen LogP contribution in [0.4, 0.5) is 14.4 Å². The van der Waals surface area contributed by atoms with E-state index in [2.05, 4.69) is 0 Å². The fourth-order valence-corrected chi connectivity index (χ4v) is 9.00. The van der Waals surface area contributed by atoms with E-state index in [-0.39, 0.29) is 19.8 Å². The monoisotopic (exact) mass is 730 g/mol. The van der Waals surface area contributed by atoms with E-state index in [9.17, 15) is 14.4 Å². The molecule has 0 aliphatic rings. The molecule has 0 radical (unpaired) electrons. The molecule has 3 aromatic rings. The molecule has 0 atom stereocenters. The first-order valence-electron chi connectivity index (χ1n) is 17.2. The van der Waals surface area contributed by atoms with E-state index in [1.54, 1.807) is 0 Å². The molecule has 50 heavy (non-hydrogen) atoms. The highest BCUT2D eigenvalue weighted by Gasteiger charge is 2.33. The van der Waals surface area contributed by atoms with E-state index < -0.39 is 27.7 Å². The van der Waals surface area contributed by atoms with Gasteiger partial charge < -0.3 is 28.4 Å². The normalized spacial score (nSPS) is 11.5. The smallest absolute Gasteiger partial charge is 0.434 e. The van der Waals surface area contributed by atoms with Crippen molar-refractivity contribution >= 4 is 38.4 Å². The largest absolute Gasteiger partial charge is 0.513 e. The van der Waals surface area contributed by atoms with Gasteiger partial charge in [0.15, 0.2) is 0 Å². The van der Waals surface area contributed by atoms with Crippen LogP contribution >= 0.6 is 19.9 Å². The van der Waals surface area contributed by atoms with Gasteiger partial charge in [-0.25, -0.2) is 14.4 Å². The molecule has 0 saturated carbocycles. The SMILES string of the molecule is CCCCOC(=O)Oc1c(C)cc(S(Cl)(c2cc(C)c(OC(=O)OCCCC)c(C)c2)c2cc(C)c(OC(=O)OCCCC)c(C)c2)cc1C. The third-order valence-corrected chi connectivity index (χ3v) is 12.2. The van der Waals surface area contributed by atoms with Gasteiger partial charge in [0.1, 0.15) is 17.2 Å². The van der Waals surface area contributed by atoms with E-state index in [0.29, 0.717) is 50.6 Å². The van der Waals surface area contributed by atoms with Crippen molar-refractivity contribution < 1.29 is 42.8 Å². The summed E-state index contributed by atoms with van der Waals surface area (Å²) in [6.07, 6.45) is 2.65. The van der Waals surface area contributed by atoms with Crippen molar-refractivity contribution in [2.75, 3.05) is 19.8 Å². The second-order valence-corrected chi connectivity index (χ2v) is 16.2. The average molecular weight is 731 g/mol. The van der Waals surface area contributed by atoms with Crippen molar-refractivity contribution in [2.24, 2.45) is 0 Å². The average Bonchev–Trinajstić information content (AvgIpc) is 3.05. The molecular formula is C39H51ClO9S. The first kappa shape index (κ1) is 40.5. The van der Waals surface area contributed by atoms with Crippen LogP contribution in [0.25, 0.3) is 0 Å². The highest BCUT2D eigenvalue weighted by molar-refractivity contribution is 8.51. The Bertz CT molecular complexity index is 1410. The van der Waals surface area contributed by atoms with Gasteiger partial charge in [0.05, 0.1) is 19.8 Å². The van der Waals surface area contributed by atoms with Crippen molar-refractivity contribution in [2.45, 2.75) is 116 Å². The molecule has 11 heteroatoms. The Balaban J connectivity index is 2.15. The first-order valence-corrected chi connectivity index (χ1v) is 19.6. The van der Waals surface area contributed by atoms with Crippen LogP contribution in [0.1, 0.15) is 92.7 Å². The Hall–Kier alpha value is -3.89. The zero-order chi connectivity index (χ0) is 37.0. The summed E-state index contributed by atoms with van der Waals surface area (Å²) < 4.78 is 32.7. The number of hydrogen-bond acceptors (Lipinski definition) is 9. The molecule has 0 fully saturated rings. The maximum absolute atomic E-state index is 12.5. The zero-order valence-corrected chi connectivity index (χ0v) is 32.4. The molecule has 0 bridgehead atoms. The lowest BCUT2D eigenvalue weighted by Gasteiger charge is -2.36. The van der Waals surface area contributed by atoms with E-state index in [4.69, 9.17) is 39.1 Å². The molecule has 0 spiro atoms. The zero-order valence-electron chi connectivity index (χ0n) is 30.8. The molecule has 0 saturated heterocycles. The van der Waals surface area contributed by atoms with Gasteiger partial charge in [-0.05, 0) is 131 Å². The fraction of sp³-hybridized carbons (Fsp3) is 0.462. The predicted octanol–water partition coefficient (Wildman–Crippen LogP) is 11.9. The summed E-state index contributed by atoms with van der Waals surface area (Å²) in [5.74, 6) is 1.22. The molecule has 0 aliphatic heterocycles. The second-order valence-electron chi connectivity index (χ2n) is 12.4. The molecule has 3 aromatic carbocycles. The number of carbonyl (C=O) groups is 3. The number of aryl methyl sites for hydroxylation is 6. The molecule has 274 valence electrons. The Morgan fingerprint density at radius 1 is 0.480 bits per heavy atom. The van der Waals surface area contributed by atoms with Gasteiger partial charge in [0, 0.05) is 14.7 Å². The predicted molar refractivity (Wildman–Crippen MR) is 197 cm³/mol. The first-order chi connectivity index (χ1) is 23.8. The molecular weight excluding hydrogens is 680 g/mol. The number of halogens is 1. The molecule has 0 aliphatic carbocycles. The summed E-state index contributed by atoms with van der Waals surface area (Å²) in [7, 11) is 5.42. The summed E-state index contributed by atoms with van der Waals surface area (Å²) in [6, 6.07) is 11.5. The number of ether oxygens (including phenoxy) is 6. The molecule has 0 heterocycles. The van der Waals surface area contributed by atoms with Gasteiger partial charge in [-0.1, -0.05) is 60.0 Å². The lowest BCUT2D eigenvalue weighted by atomic mass is 10.1. The van der Waals surface area contributed by atoms with Crippen LogP contribution in [-0.4, -0.2) is 38.3 Å². The van der Waals surface area contributed by atoms with Gasteiger partial charge in [0.25, 0.3) is 0 Å². The number of carbonyl (C=O) groups excluding carboxylic acids is 3. The summed E-state index contributed by atoms with van der Waals surface area (Å²) in [4.78, 5) is 39.8. The molecule has 0 amide bonds. The highest BCUT2D eigenvalue weighted by Crippen LogP contribution is 2.73. The quantitative estimate of drug-likeness (QED) is 0.0653. The van der Waals surface area contributed by atoms with Gasteiger partial charge in [-0.2, -0.15) is 0 Å². The minimum absolute atomic E-state index is 0.282. The van der Waals surface area contributed by atoms with Crippen LogP contribution in [0.5, 0.6) is 17.2 Å². The van der Waals surface area contributed by atoms with Crippen LogP contribution in [0.3, 0.4) is 0 Å². The second kappa shape index (κ2) is 18.9. The third kappa shape index (κ3) is 10.3. The maximum atomic E-state index is 12.5. The summed E-state index contributed by atoms with van der Waals surface area (Å²) in [5.41, 5.74) is 4.23. The standard InChI is InChI=1S/C39H51ClO9S/c1-10-13-16-44-37(41)47-34-25(4)19-31(20-26(34)5)50(40,32-21-27(6)35(28(7)22-32)48-38(42)45-17-14-11-2)33-23-29(8)36(30(9)24-33)49-39(43)46-18-15-12-3/h19-24H,10-18H2,1-9H3. The Morgan fingerprint density at radius 3 is 0.900 bits per heavy atom. The van der Waals surface area contributed by atoms with Crippen LogP contribution in [-0.2, 0) is 14.2 Å². The van der Waals surface area contributed by atoms with E-state index in [1.807, 2.05) is 98.7 Å². The lowest BCUT2D eigenvalue weighted by Crippen LogP contribution is -2.14. The molecule has 0 unspecified atom stereocenters. The minimum atomic E-state index is -2.54. The molecule has 0 N–H and O–H groups in total. The molecule has 0 aromatic heterocycles. The van der Waals surface area contributed by atoms with Gasteiger partial charge in [-0.3, -0.25) is 0 Å². The van der Waals surface area contributed by atoms with Crippen LogP contribution in [0.2, 0.25) is 0 Å². The summed E-state index contributed by atoms with van der Waals surface area (Å²) in [6.45, 7) is 18.0. The number of hydrogen-bond donors (Lipinski definition) is 0. The van der Waals surface area contributed by atoms with Crippen LogP contribution < -0.4 is 14.2 Å².